The Morgan fingerprint density at radius 1 is 1.21 bits per heavy atom. The average molecular weight is 413 g/mol. The predicted octanol–water partition coefficient (Wildman–Crippen LogP) is 1.56. The van der Waals surface area contributed by atoms with Crippen molar-refractivity contribution < 1.29 is 27.5 Å². The third-order valence-corrected chi connectivity index (χ3v) is 6.16. The zero-order valence-electron chi connectivity index (χ0n) is 16.7. The first kappa shape index (κ1) is 22.3. The first-order valence-corrected chi connectivity index (χ1v) is 10.8. The van der Waals surface area contributed by atoms with Gasteiger partial charge in [0.1, 0.15) is 0 Å². The van der Waals surface area contributed by atoms with E-state index in [1.165, 1.54) is 35.5 Å². The summed E-state index contributed by atoms with van der Waals surface area (Å²) >= 11 is 0. The number of sulfonamides is 1. The van der Waals surface area contributed by atoms with Crippen molar-refractivity contribution in [2.24, 2.45) is 0 Å². The second-order valence-electron chi connectivity index (χ2n) is 6.94. The van der Waals surface area contributed by atoms with Crippen LogP contribution in [0.1, 0.15) is 44.5 Å². The number of esters is 1. The number of hydrogen-bond acceptors (Lipinski definition) is 6. The summed E-state index contributed by atoms with van der Waals surface area (Å²) < 4.78 is 37.8. The molecule has 28 heavy (non-hydrogen) atoms. The minimum atomic E-state index is -3.68. The van der Waals surface area contributed by atoms with E-state index in [1.807, 2.05) is 20.8 Å². The highest BCUT2D eigenvalue weighted by Crippen LogP contribution is 2.21. The van der Waals surface area contributed by atoms with Crippen molar-refractivity contribution in [3.8, 4) is 0 Å². The lowest BCUT2D eigenvalue weighted by molar-refractivity contribution is -0.129. The fraction of sp³-hybridized carbons (Fsp3) is 0.579. The van der Waals surface area contributed by atoms with Crippen LogP contribution < -0.4 is 5.32 Å². The Bertz CT molecular complexity index is 783. The van der Waals surface area contributed by atoms with Gasteiger partial charge in [0.2, 0.25) is 10.0 Å². The first-order chi connectivity index (χ1) is 13.1. The minimum absolute atomic E-state index is 0.0964. The zero-order valence-corrected chi connectivity index (χ0v) is 17.5. The highest BCUT2D eigenvalue weighted by Gasteiger charge is 2.32. The number of hydrogen-bond donors (Lipinski definition) is 1. The first-order valence-electron chi connectivity index (χ1n) is 9.39. The van der Waals surface area contributed by atoms with Crippen molar-refractivity contribution in [2.75, 3.05) is 19.6 Å². The monoisotopic (exact) mass is 412 g/mol. The predicted molar refractivity (Wildman–Crippen MR) is 103 cm³/mol. The molecule has 8 nitrogen and oxygen atoms in total. The van der Waals surface area contributed by atoms with Gasteiger partial charge in [-0.2, -0.15) is 4.31 Å². The Morgan fingerprint density at radius 3 is 2.32 bits per heavy atom. The molecule has 2 rings (SSSR count). The molecule has 1 N–H and O–H groups in total. The Kier molecular flexibility index (Phi) is 7.56. The topological polar surface area (TPSA) is 102 Å². The van der Waals surface area contributed by atoms with Crippen molar-refractivity contribution in [1.82, 2.24) is 9.62 Å². The molecule has 1 aliphatic heterocycles. The fourth-order valence-corrected chi connectivity index (χ4v) is 4.50. The summed E-state index contributed by atoms with van der Waals surface area (Å²) in [4.78, 5) is 24.1. The second-order valence-corrected chi connectivity index (χ2v) is 8.88. The largest absolute Gasteiger partial charge is 0.449 e. The van der Waals surface area contributed by atoms with Gasteiger partial charge in [0, 0.05) is 19.6 Å². The van der Waals surface area contributed by atoms with Gasteiger partial charge in [0.15, 0.2) is 6.10 Å². The molecule has 1 aromatic carbocycles. The van der Waals surface area contributed by atoms with Gasteiger partial charge in [-0.3, -0.25) is 4.79 Å². The van der Waals surface area contributed by atoms with Gasteiger partial charge in [0.05, 0.1) is 22.7 Å². The molecule has 3 atom stereocenters. The summed E-state index contributed by atoms with van der Waals surface area (Å²) in [5.74, 6) is -1.05. The van der Waals surface area contributed by atoms with E-state index in [4.69, 9.17) is 9.47 Å². The van der Waals surface area contributed by atoms with E-state index in [0.717, 1.165) is 6.42 Å². The van der Waals surface area contributed by atoms with Crippen LogP contribution in [0.25, 0.3) is 0 Å². The number of nitrogens with zero attached hydrogens (tertiary/aromatic N) is 1. The quantitative estimate of drug-likeness (QED) is 0.682. The Hall–Kier alpha value is -1.97. The molecule has 1 fully saturated rings. The molecule has 1 heterocycles. The molecule has 1 aliphatic rings. The number of rotatable bonds is 7. The molecular formula is C19H28N2O6S. The van der Waals surface area contributed by atoms with Gasteiger partial charge in [-0.1, -0.05) is 6.92 Å². The molecule has 0 spiro atoms. The number of ether oxygens (including phenoxy) is 2. The molecule has 0 bridgehead atoms. The fourth-order valence-electron chi connectivity index (χ4n) is 2.91. The highest BCUT2D eigenvalue weighted by atomic mass is 32.2. The number of benzene rings is 1. The third-order valence-electron chi connectivity index (χ3n) is 4.32. The van der Waals surface area contributed by atoms with E-state index in [0.29, 0.717) is 6.54 Å². The molecule has 1 saturated heterocycles. The second kappa shape index (κ2) is 9.49. The van der Waals surface area contributed by atoms with Crippen LogP contribution in [-0.2, 0) is 24.3 Å². The van der Waals surface area contributed by atoms with E-state index in [-0.39, 0.29) is 41.7 Å². The summed E-state index contributed by atoms with van der Waals surface area (Å²) in [6.07, 6.45) is -0.525. The van der Waals surface area contributed by atoms with Crippen LogP contribution >= 0.6 is 0 Å². The molecule has 0 aliphatic carbocycles. The number of carbonyl (C=O) groups is 2. The molecule has 1 amide bonds. The van der Waals surface area contributed by atoms with E-state index in [1.54, 1.807) is 0 Å². The number of carbonyl (C=O) groups excluding carboxylic acids is 2. The van der Waals surface area contributed by atoms with Gasteiger partial charge in [-0.25, -0.2) is 13.2 Å². The highest BCUT2D eigenvalue weighted by molar-refractivity contribution is 7.89. The molecule has 0 aromatic heterocycles. The van der Waals surface area contributed by atoms with Crippen molar-refractivity contribution in [2.45, 2.75) is 57.3 Å². The minimum Gasteiger partial charge on any atom is -0.449 e. The van der Waals surface area contributed by atoms with Gasteiger partial charge in [0.25, 0.3) is 5.91 Å². The Labute approximate surface area is 166 Å². The maximum Gasteiger partial charge on any atom is 0.338 e. The van der Waals surface area contributed by atoms with Crippen LogP contribution in [0.5, 0.6) is 0 Å². The van der Waals surface area contributed by atoms with Gasteiger partial charge >= 0.3 is 5.97 Å². The van der Waals surface area contributed by atoms with Gasteiger partial charge in [-0.15, -0.1) is 0 Å². The molecular weight excluding hydrogens is 384 g/mol. The summed E-state index contributed by atoms with van der Waals surface area (Å²) in [5.41, 5.74) is 0.179. The van der Waals surface area contributed by atoms with Crippen LogP contribution in [0, 0.1) is 0 Å². The lowest BCUT2D eigenvalue weighted by Crippen LogP contribution is -2.48. The van der Waals surface area contributed by atoms with Crippen molar-refractivity contribution in [1.29, 1.82) is 0 Å². The van der Waals surface area contributed by atoms with Crippen LogP contribution in [-0.4, -0.2) is 62.5 Å². The van der Waals surface area contributed by atoms with Crippen LogP contribution in [0.2, 0.25) is 0 Å². The van der Waals surface area contributed by atoms with E-state index in [2.05, 4.69) is 5.32 Å². The van der Waals surface area contributed by atoms with E-state index in [9.17, 15) is 18.0 Å². The summed E-state index contributed by atoms with van der Waals surface area (Å²) in [7, 11) is -3.68. The Balaban J connectivity index is 2.06. The molecule has 0 radical (unpaired) electrons. The van der Waals surface area contributed by atoms with Gasteiger partial charge < -0.3 is 14.8 Å². The van der Waals surface area contributed by atoms with Crippen LogP contribution in [0.15, 0.2) is 29.2 Å². The van der Waals surface area contributed by atoms with Crippen molar-refractivity contribution in [3.05, 3.63) is 29.8 Å². The number of morpholine rings is 1. The Morgan fingerprint density at radius 2 is 1.79 bits per heavy atom. The van der Waals surface area contributed by atoms with Gasteiger partial charge in [-0.05, 0) is 51.5 Å². The molecule has 0 unspecified atom stereocenters. The lowest BCUT2D eigenvalue weighted by atomic mass is 10.2. The smallest absolute Gasteiger partial charge is 0.338 e. The maximum atomic E-state index is 12.8. The summed E-state index contributed by atoms with van der Waals surface area (Å²) in [6, 6.07) is 5.52. The van der Waals surface area contributed by atoms with Crippen LogP contribution in [0.3, 0.4) is 0 Å². The standard InChI is InChI=1S/C19H28N2O6S/c1-5-10-20-18(22)15(4)27-19(23)16-6-8-17(9-7-16)28(24,25)21-11-13(2)26-14(3)12-21/h6-9,13-15H,5,10-12H2,1-4H3,(H,20,22)/t13-,14-,15+/m1/s1. The maximum absolute atomic E-state index is 12.8. The lowest BCUT2D eigenvalue weighted by Gasteiger charge is -2.34. The average Bonchev–Trinajstić information content (AvgIpc) is 2.65. The van der Waals surface area contributed by atoms with E-state index < -0.39 is 22.1 Å². The summed E-state index contributed by atoms with van der Waals surface area (Å²) in [6.45, 7) is 8.13. The normalized spacial score (nSPS) is 21.7. The zero-order chi connectivity index (χ0) is 20.9. The van der Waals surface area contributed by atoms with E-state index >= 15 is 0 Å². The van der Waals surface area contributed by atoms with Crippen molar-refractivity contribution >= 4 is 21.9 Å². The molecule has 0 saturated carbocycles. The number of amides is 1. The SMILES string of the molecule is CCCNC(=O)[C@H](C)OC(=O)c1ccc(S(=O)(=O)N2C[C@@H](C)O[C@H](C)C2)cc1. The van der Waals surface area contributed by atoms with Crippen LogP contribution in [0.4, 0.5) is 0 Å². The third kappa shape index (κ3) is 5.52. The number of nitrogens with one attached hydrogen (secondary N) is 1. The summed E-state index contributed by atoms with van der Waals surface area (Å²) in [5, 5.41) is 2.65. The molecule has 9 heteroatoms. The molecule has 1 aromatic rings. The van der Waals surface area contributed by atoms with Crippen molar-refractivity contribution in [3.63, 3.8) is 0 Å². The molecule has 156 valence electrons.